The summed E-state index contributed by atoms with van der Waals surface area (Å²) in [5.74, 6) is 0. The van der Waals surface area contributed by atoms with Gasteiger partial charge in [0.25, 0.3) is 0 Å². The van der Waals surface area contributed by atoms with E-state index in [-0.39, 0.29) is 0 Å². The average Bonchev–Trinajstić information content (AvgIpc) is 2.56. The quantitative estimate of drug-likeness (QED) is 0.479. The van der Waals surface area contributed by atoms with Crippen LogP contribution in [0.4, 0.5) is 0 Å². The maximum Gasteiger partial charge on any atom is -0.000728 e. The Labute approximate surface area is 77.8 Å². The summed E-state index contributed by atoms with van der Waals surface area (Å²) in [6.07, 6.45) is 1.03. The molecule has 0 atom stereocenters. The maximum absolute atomic E-state index is 3.28. The van der Waals surface area contributed by atoms with E-state index in [0.29, 0.717) is 0 Å². The van der Waals surface area contributed by atoms with Gasteiger partial charge < -0.3 is 0 Å². The molecule has 1 aliphatic carbocycles. The highest BCUT2D eigenvalue weighted by atomic mass is 14.2. The Balaban J connectivity index is 2.32. The van der Waals surface area contributed by atoms with Gasteiger partial charge in [-0.1, -0.05) is 30.3 Å². The third kappa shape index (κ3) is 0.919. The van der Waals surface area contributed by atoms with Crippen molar-refractivity contribution in [1.29, 1.82) is 0 Å². The van der Waals surface area contributed by atoms with Gasteiger partial charge in [-0.15, -0.1) is 0 Å². The first-order chi connectivity index (χ1) is 6.45. The molecule has 0 spiro atoms. The summed E-state index contributed by atoms with van der Waals surface area (Å²) in [7, 11) is 0. The van der Waals surface area contributed by atoms with E-state index in [0.717, 1.165) is 6.42 Å². The molecule has 60 valence electrons. The largest absolute Gasteiger partial charge is 0.0610 e. The van der Waals surface area contributed by atoms with Crippen LogP contribution in [-0.4, -0.2) is 0 Å². The first-order valence-electron chi connectivity index (χ1n) is 4.44. The van der Waals surface area contributed by atoms with Crippen molar-refractivity contribution in [2.24, 2.45) is 0 Å². The molecule has 0 heteroatoms. The molecule has 2 aromatic rings. The zero-order valence-electron chi connectivity index (χ0n) is 7.17. The fourth-order valence-electron chi connectivity index (χ4n) is 1.93. The molecule has 0 aliphatic heterocycles. The zero-order valence-corrected chi connectivity index (χ0v) is 7.17. The van der Waals surface area contributed by atoms with Gasteiger partial charge in [0, 0.05) is 0 Å². The smallest absolute Gasteiger partial charge is 0.000728 e. The number of hydrogen-bond donors (Lipinski definition) is 0. The lowest BCUT2D eigenvalue weighted by molar-refractivity contribution is 1.26. The fraction of sp³-hybridized carbons (Fsp3) is 0.0769. The average molecular weight is 164 g/mol. The first kappa shape index (κ1) is 6.90. The molecule has 0 amide bonds. The van der Waals surface area contributed by atoms with Gasteiger partial charge in [0.15, 0.2) is 0 Å². The number of benzene rings is 2. The Bertz CT molecular complexity index is 412. The van der Waals surface area contributed by atoms with Crippen LogP contribution in [0.5, 0.6) is 0 Å². The molecule has 2 aromatic carbocycles. The molecule has 0 aromatic heterocycles. The van der Waals surface area contributed by atoms with Crippen molar-refractivity contribution < 1.29 is 0 Å². The van der Waals surface area contributed by atoms with Crippen LogP contribution in [0.15, 0.2) is 36.4 Å². The predicted octanol–water partition coefficient (Wildman–Crippen LogP) is 2.86. The molecule has 0 N–H and O–H groups in total. The Morgan fingerprint density at radius 2 is 2.08 bits per heavy atom. The number of rotatable bonds is 0. The minimum absolute atomic E-state index is 1.03. The highest BCUT2D eigenvalue weighted by Crippen LogP contribution is 2.35. The monoisotopic (exact) mass is 164 g/mol. The Kier molecular flexibility index (Phi) is 1.31. The highest BCUT2D eigenvalue weighted by Gasteiger charge is 2.16. The van der Waals surface area contributed by atoms with Crippen molar-refractivity contribution in [3.63, 3.8) is 0 Å². The zero-order chi connectivity index (χ0) is 8.67. The van der Waals surface area contributed by atoms with Gasteiger partial charge in [-0.25, -0.2) is 0 Å². The van der Waals surface area contributed by atoms with Crippen LogP contribution in [0.3, 0.4) is 0 Å². The lowest BCUT2D eigenvalue weighted by Crippen LogP contribution is -1.77. The lowest BCUT2D eigenvalue weighted by Gasteiger charge is -1.97. The fourth-order valence-corrected chi connectivity index (χ4v) is 1.93. The topological polar surface area (TPSA) is 0 Å². The predicted molar refractivity (Wildman–Crippen MR) is 52.4 cm³/mol. The molecule has 0 unspecified atom stereocenters. The van der Waals surface area contributed by atoms with E-state index in [2.05, 4.69) is 30.3 Å². The van der Waals surface area contributed by atoms with Gasteiger partial charge in [-0.2, -0.15) is 0 Å². The molecule has 3 rings (SSSR count). The van der Waals surface area contributed by atoms with Crippen LogP contribution < -0.4 is 0 Å². The molecule has 0 saturated carbocycles. The minimum Gasteiger partial charge on any atom is -0.0610 e. The Morgan fingerprint density at radius 1 is 1.08 bits per heavy atom. The number of fused-ring (bicyclic) bond motifs is 3. The first-order valence-corrected chi connectivity index (χ1v) is 4.44. The van der Waals surface area contributed by atoms with Crippen LogP contribution in [0.25, 0.3) is 11.1 Å². The van der Waals surface area contributed by atoms with Crippen molar-refractivity contribution in [3.05, 3.63) is 59.7 Å². The molecule has 1 aliphatic rings. The van der Waals surface area contributed by atoms with Gasteiger partial charge in [0.05, 0.1) is 0 Å². The standard InChI is InChI=1S/C13H8/c1-3-7-12-10(5-1)9-11-6-2-4-8-13(11)12/h1-3,6-8H,9H2. The van der Waals surface area contributed by atoms with Crippen molar-refractivity contribution in [2.45, 2.75) is 6.42 Å². The highest BCUT2D eigenvalue weighted by molar-refractivity contribution is 5.76. The van der Waals surface area contributed by atoms with Gasteiger partial charge >= 0.3 is 0 Å². The summed E-state index contributed by atoms with van der Waals surface area (Å²) < 4.78 is 0. The molecule has 2 radical (unpaired) electrons. The summed E-state index contributed by atoms with van der Waals surface area (Å²) in [6.45, 7) is 0. The van der Waals surface area contributed by atoms with E-state index in [1.165, 1.54) is 22.3 Å². The Morgan fingerprint density at radius 3 is 3.08 bits per heavy atom. The summed E-state index contributed by atoms with van der Waals surface area (Å²) in [6, 6.07) is 18.8. The van der Waals surface area contributed by atoms with E-state index in [9.17, 15) is 0 Å². The molecule has 0 saturated heterocycles. The Hall–Kier alpha value is -1.56. The summed E-state index contributed by atoms with van der Waals surface area (Å²) >= 11 is 0. The molecule has 0 heterocycles. The van der Waals surface area contributed by atoms with Crippen LogP contribution >= 0.6 is 0 Å². The van der Waals surface area contributed by atoms with Crippen molar-refractivity contribution in [2.75, 3.05) is 0 Å². The van der Waals surface area contributed by atoms with E-state index in [4.69, 9.17) is 0 Å². The third-order valence-electron chi connectivity index (χ3n) is 2.55. The van der Waals surface area contributed by atoms with Crippen LogP contribution in [-0.2, 0) is 6.42 Å². The molecule has 0 bridgehead atoms. The van der Waals surface area contributed by atoms with Crippen molar-refractivity contribution in [1.82, 2.24) is 0 Å². The van der Waals surface area contributed by atoms with Crippen LogP contribution in [0.2, 0.25) is 0 Å². The van der Waals surface area contributed by atoms with E-state index < -0.39 is 0 Å². The summed E-state index contributed by atoms with van der Waals surface area (Å²) in [4.78, 5) is 0. The minimum atomic E-state index is 1.03. The molecule has 0 fully saturated rings. The summed E-state index contributed by atoms with van der Waals surface area (Å²) in [5.41, 5.74) is 5.37. The maximum atomic E-state index is 3.28. The molecular weight excluding hydrogens is 156 g/mol. The normalized spacial score (nSPS) is 12.3. The van der Waals surface area contributed by atoms with Crippen molar-refractivity contribution >= 4 is 0 Å². The SMILES string of the molecule is [c]1ccc2c(c1)-c1ccc[c]c1C2. The molecule has 13 heavy (non-hydrogen) atoms. The second-order valence-corrected chi connectivity index (χ2v) is 3.32. The van der Waals surface area contributed by atoms with Crippen molar-refractivity contribution in [3.8, 4) is 11.1 Å². The van der Waals surface area contributed by atoms with Gasteiger partial charge in [-0.3, -0.25) is 0 Å². The second kappa shape index (κ2) is 2.46. The van der Waals surface area contributed by atoms with Gasteiger partial charge in [-0.05, 0) is 46.9 Å². The third-order valence-corrected chi connectivity index (χ3v) is 2.55. The number of hydrogen-bond acceptors (Lipinski definition) is 0. The second-order valence-electron chi connectivity index (χ2n) is 3.32. The van der Waals surface area contributed by atoms with Gasteiger partial charge in [0.1, 0.15) is 0 Å². The van der Waals surface area contributed by atoms with E-state index >= 15 is 0 Å². The molecular formula is C13H8. The molecule has 0 nitrogen and oxygen atoms in total. The lowest BCUT2D eigenvalue weighted by atomic mass is 10.1. The van der Waals surface area contributed by atoms with Crippen LogP contribution in [0.1, 0.15) is 11.1 Å². The van der Waals surface area contributed by atoms with Crippen LogP contribution in [0, 0.1) is 12.1 Å². The van der Waals surface area contributed by atoms with E-state index in [1.807, 2.05) is 18.2 Å². The summed E-state index contributed by atoms with van der Waals surface area (Å²) in [5, 5.41) is 0. The van der Waals surface area contributed by atoms with E-state index in [1.54, 1.807) is 0 Å². The van der Waals surface area contributed by atoms with Gasteiger partial charge in [0.2, 0.25) is 0 Å².